The Balaban J connectivity index is 2.81. The summed E-state index contributed by atoms with van der Waals surface area (Å²) in [6.45, 7) is 1.93. The number of sulfone groups is 1. The molecule has 1 atom stereocenters. The van der Waals surface area contributed by atoms with Crippen LogP contribution in [-0.2, 0) is 9.84 Å². The van der Waals surface area contributed by atoms with Gasteiger partial charge < -0.3 is 5.11 Å². The topological polar surface area (TPSA) is 54.4 Å². The zero-order valence-corrected chi connectivity index (χ0v) is 10.0. The highest BCUT2D eigenvalue weighted by Crippen LogP contribution is 2.12. The quantitative estimate of drug-likeness (QED) is 0.857. The lowest BCUT2D eigenvalue weighted by atomic mass is 10.2. The molecule has 1 N–H and O–H groups in total. The minimum atomic E-state index is -3.41. The van der Waals surface area contributed by atoms with Gasteiger partial charge in [0.15, 0.2) is 9.84 Å². The Hall–Kier alpha value is -1.13. The van der Waals surface area contributed by atoms with Crippen molar-refractivity contribution in [2.24, 2.45) is 0 Å². The van der Waals surface area contributed by atoms with Crippen LogP contribution >= 0.6 is 0 Å². The fraction of sp³-hybridized carbons (Fsp3) is 0.333. The maximum atomic E-state index is 11.7. The number of benzene rings is 1. The average Bonchev–Trinajstić information content (AvgIpc) is 2.28. The van der Waals surface area contributed by atoms with Gasteiger partial charge in [0.1, 0.15) is 0 Å². The first-order valence-electron chi connectivity index (χ1n) is 5.22. The van der Waals surface area contributed by atoms with Crippen LogP contribution in [0.1, 0.15) is 19.8 Å². The van der Waals surface area contributed by atoms with Gasteiger partial charge in [-0.1, -0.05) is 31.5 Å². The van der Waals surface area contributed by atoms with Gasteiger partial charge in [0.2, 0.25) is 0 Å². The summed E-state index contributed by atoms with van der Waals surface area (Å²) < 4.78 is 23.5. The molecular weight excluding hydrogens is 224 g/mol. The van der Waals surface area contributed by atoms with E-state index in [4.69, 9.17) is 0 Å². The Bertz CT molecular complexity index is 435. The predicted octanol–water partition coefficient (Wildman–Crippen LogP) is 2.13. The molecule has 0 spiro atoms. The summed E-state index contributed by atoms with van der Waals surface area (Å²) in [6.07, 6.45) is 2.02. The van der Waals surface area contributed by atoms with Gasteiger partial charge in [-0.15, -0.1) is 0 Å². The Morgan fingerprint density at radius 3 is 2.50 bits per heavy atom. The molecule has 0 aromatic heterocycles. The maximum Gasteiger partial charge on any atom is 0.199 e. The van der Waals surface area contributed by atoms with Crippen molar-refractivity contribution in [3.63, 3.8) is 0 Å². The van der Waals surface area contributed by atoms with E-state index in [-0.39, 0.29) is 4.90 Å². The first-order valence-corrected chi connectivity index (χ1v) is 6.77. The van der Waals surface area contributed by atoms with Crippen LogP contribution in [0.4, 0.5) is 0 Å². The molecule has 0 radical (unpaired) electrons. The molecule has 0 aliphatic carbocycles. The SMILES string of the molecule is CCCC(O)/C=C/S(=O)(=O)c1ccccc1. The highest BCUT2D eigenvalue weighted by atomic mass is 32.2. The third-order valence-electron chi connectivity index (χ3n) is 2.14. The van der Waals surface area contributed by atoms with Gasteiger partial charge in [-0.3, -0.25) is 0 Å². The second kappa shape index (κ2) is 5.82. The van der Waals surface area contributed by atoms with Gasteiger partial charge in [0.05, 0.1) is 11.0 Å². The number of hydrogen-bond acceptors (Lipinski definition) is 3. The molecule has 0 heterocycles. The molecule has 4 heteroatoms. The van der Waals surface area contributed by atoms with Crippen LogP contribution < -0.4 is 0 Å². The van der Waals surface area contributed by atoms with E-state index in [0.29, 0.717) is 6.42 Å². The molecule has 16 heavy (non-hydrogen) atoms. The summed E-state index contributed by atoms with van der Waals surface area (Å²) in [4.78, 5) is 0.245. The van der Waals surface area contributed by atoms with Crippen LogP contribution in [0.25, 0.3) is 0 Å². The lowest BCUT2D eigenvalue weighted by Crippen LogP contribution is -2.03. The van der Waals surface area contributed by atoms with Gasteiger partial charge in [0, 0.05) is 5.41 Å². The highest BCUT2D eigenvalue weighted by Gasteiger charge is 2.09. The van der Waals surface area contributed by atoms with Gasteiger partial charge in [-0.25, -0.2) is 8.42 Å². The van der Waals surface area contributed by atoms with E-state index in [9.17, 15) is 13.5 Å². The van der Waals surface area contributed by atoms with Crippen LogP contribution in [0.3, 0.4) is 0 Å². The maximum absolute atomic E-state index is 11.7. The molecule has 1 aromatic rings. The standard InChI is InChI=1S/C12H16O3S/c1-2-6-11(13)9-10-16(14,15)12-7-4-3-5-8-12/h3-5,7-11,13H,2,6H2,1H3/b10-9+. The van der Waals surface area contributed by atoms with Crippen molar-refractivity contribution in [1.82, 2.24) is 0 Å². The minimum Gasteiger partial charge on any atom is -0.389 e. The van der Waals surface area contributed by atoms with Gasteiger partial charge in [-0.2, -0.15) is 0 Å². The van der Waals surface area contributed by atoms with E-state index in [1.807, 2.05) is 6.92 Å². The molecule has 0 fully saturated rings. The Morgan fingerprint density at radius 2 is 1.94 bits per heavy atom. The smallest absolute Gasteiger partial charge is 0.199 e. The van der Waals surface area contributed by atoms with Crippen molar-refractivity contribution >= 4 is 9.84 Å². The Labute approximate surface area is 96.4 Å². The normalized spacial score (nSPS) is 14.1. The van der Waals surface area contributed by atoms with E-state index in [2.05, 4.69) is 0 Å². The number of hydrogen-bond donors (Lipinski definition) is 1. The third-order valence-corrected chi connectivity index (χ3v) is 3.58. The fourth-order valence-electron chi connectivity index (χ4n) is 1.27. The van der Waals surface area contributed by atoms with Crippen molar-refractivity contribution in [3.05, 3.63) is 41.8 Å². The van der Waals surface area contributed by atoms with E-state index in [0.717, 1.165) is 11.8 Å². The number of aliphatic hydroxyl groups excluding tert-OH is 1. The molecular formula is C12H16O3S. The van der Waals surface area contributed by atoms with Gasteiger partial charge in [0.25, 0.3) is 0 Å². The lowest BCUT2D eigenvalue weighted by molar-refractivity contribution is 0.212. The van der Waals surface area contributed by atoms with Crippen LogP contribution in [-0.4, -0.2) is 19.6 Å². The molecule has 0 bridgehead atoms. The largest absolute Gasteiger partial charge is 0.389 e. The van der Waals surface area contributed by atoms with Crippen LogP contribution in [0, 0.1) is 0 Å². The summed E-state index contributed by atoms with van der Waals surface area (Å²) >= 11 is 0. The summed E-state index contributed by atoms with van der Waals surface area (Å²) in [5.41, 5.74) is 0. The fourth-order valence-corrected chi connectivity index (χ4v) is 2.36. The molecule has 1 aromatic carbocycles. The molecule has 1 rings (SSSR count). The first-order chi connectivity index (χ1) is 7.56. The van der Waals surface area contributed by atoms with Crippen molar-refractivity contribution in [2.75, 3.05) is 0 Å². The summed E-state index contributed by atoms with van der Waals surface area (Å²) in [6, 6.07) is 8.17. The van der Waals surface area contributed by atoms with Crippen molar-refractivity contribution in [3.8, 4) is 0 Å². The van der Waals surface area contributed by atoms with Crippen LogP contribution in [0.2, 0.25) is 0 Å². The zero-order valence-electron chi connectivity index (χ0n) is 9.20. The monoisotopic (exact) mass is 240 g/mol. The molecule has 0 aliphatic rings. The van der Waals surface area contributed by atoms with Crippen LogP contribution in [0.5, 0.6) is 0 Å². The van der Waals surface area contributed by atoms with E-state index in [1.54, 1.807) is 18.2 Å². The molecule has 1 unspecified atom stereocenters. The molecule has 0 saturated carbocycles. The van der Waals surface area contributed by atoms with Crippen molar-refractivity contribution in [2.45, 2.75) is 30.8 Å². The van der Waals surface area contributed by atoms with E-state index >= 15 is 0 Å². The number of rotatable bonds is 5. The molecule has 0 amide bonds. The van der Waals surface area contributed by atoms with E-state index in [1.165, 1.54) is 18.2 Å². The average molecular weight is 240 g/mol. The molecule has 3 nitrogen and oxygen atoms in total. The highest BCUT2D eigenvalue weighted by molar-refractivity contribution is 7.94. The summed E-state index contributed by atoms with van der Waals surface area (Å²) in [5, 5.41) is 10.5. The predicted molar refractivity (Wildman–Crippen MR) is 63.7 cm³/mol. The van der Waals surface area contributed by atoms with Gasteiger partial charge in [-0.05, 0) is 24.6 Å². The minimum absolute atomic E-state index is 0.245. The third kappa shape index (κ3) is 3.79. The van der Waals surface area contributed by atoms with Gasteiger partial charge >= 0.3 is 0 Å². The second-order valence-corrected chi connectivity index (χ2v) is 5.38. The molecule has 0 saturated heterocycles. The molecule has 88 valence electrons. The summed E-state index contributed by atoms with van der Waals surface area (Å²) in [7, 11) is -3.41. The zero-order chi connectivity index (χ0) is 12.0. The number of aliphatic hydroxyl groups is 1. The van der Waals surface area contributed by atoms with Crippen molar-refractivity contribution < 1.29 is 13.5 Å². The van der Waals surface area contributed by atoms with Crippen LogP contribution in [0.15, 0.2) is 46.7 Å². The summed E-state index contributed by atoms with van der Waals surface area (Å²) in [5.74, 6) is 0. The first kappa shape index (κ1) is 12.9. The molecule has 0 aliphatic heterocycles. The second-order valence-electron chi connectivity index (χ2n) is 3.54. The van der Waals surface area contributed by atoms with Crippen molar-refractivity contribution in [1.29, 1.82) is 0 Å². The Kier molecular flexibility index (Phi) is 4.71. The lowest BCUT2D eigenvalue weighted by Gasteiger charge is -2.02. The van der Waals surface area contributed by atoms with E-state index < -0.39 is 15.9 Å². The Morgan fingerprint density at radius 1 is 1.31 bits per heavy atom.